The van der Waals surface area contributed by atoms with Gasteiger partial charge in [0, 0.05) is 11.6 Å². The highest BCUT2D eigenvalue weighted by atomic mass is 19.1. The molecule has 4 rings (SSSR count). The third kappa shape index (κ3) is 2.30. The number of aromatic amines is 1. The molecule has 0 fully saturated rings. The Morgan fingerprint density at radius 3 is 2.65 bits per heavy atom. The van der Waals surface area contributed by atoms with E-state index in [9.17, 15) is 9.18 Å². The zero-order valence-corrected chi connectivity index (χ0v) is 11.9. The molecule has 6 heteroatoms. The molecule has 2 aromatic carbocycles. The van der Waals surface area contributed by atoms with E-state index in [0.717, 1.165) is 26.6 Å². The highest BCUT2D eigenvalue weighted by Crippen LogP contribution is 2.25. The number of halogens is 1. The van der Waals surface area contributed by atoms with Crippen molar-refractivity contribution >= 4 is 10.9 Å². The van der Waals surface area contributed by atoms with Crippen molar-refractivity contribution in [3.63, 3.8) is 0 Å². The number of hydrogen-bond donors (Lipinski definition) is 1. The molecule has 5 nitrogen and oxygen atoms in total. The van der Waals surface area contributed by atoms with E-state index in [2.05, 4.69) is 15.2 Å². The lowest BCUT2D eigenvalue weighted by molar-refractivity contribution is 0.617. The smallest absolute Gasteiger partial charge is 0.256 e. The van der Waals surface area contributed by atoms with E-state index < -0.39 is 11.5 Å². The summed E-state index contributed by atoms with van der Waals surface area (Å²) in [6, 6.07) is 14.4. The number of H-pyrrole nitrogens is 1. The minimum atomic E-state index is -0.493. The normalized spacial score (nSPS) is 11.0. The predicted molar refractivity (Wildman–Crippen MR) is 84.9 cm³/mol. The van der Waals surface area contributed by atoms with E-state index >= 15 is 0 Å². The van der Waals surface area contributed by atoms with E-state index in [4.69, 9.17) is 0 Å². The number of fused-ring (bicyclic) bond motifs is 1. The number of nitrogens with one attached hydrogen (secondary N) is 1. The van der Waals surface area contributed by atoms with Crippen LogP contribution in [0.2, 0.25) is 0 Å². The summed E-state index contributed by atoms with van der Waals surface area (Å²) < 4.78 is 15.5. The maximum absolute atomic E-state index is 14.4. The molecule has 0 amide bonds. The van der Waals surface area contributed by atoms with Crippen LogP contribution in [0.5, 0.6) is 0 Å². The SMILES string of the molecule is O=c1[nH]ncn1-c1ccc(-c2ccc3cccnc3c2)cc1F. The predicted octanol–water partition coefficient (Wildman–Crippen LogP) is 2.91. The van der Waals surface area contributed by atoms with Gasteiger partial charge in [-0.2, -0.15) is 5.10 Å². The van der Waals surface area contributed by atoms with Gasteiger partial charge in [-0.15, -0.1) is 0 Å². The van der Waals surface area contributed by atoms with Crippen molar-refractivity contribution < 1.29 is 4.39 Å². The zero-order chi connectivity index (χ0) is 15.8. The number of rotatable bonds is 2. The van der Waals surface area contributed by atoms with Crippen molar-refractivity contribution in [3.05, 3.63) is 77.4 Å². The Kier molecular flexibility index (Phi) is 3.01. The van der Waals surface area contributed by atoms with Gasteiger partial charge in [0.15, 0.2) is 0 Å². The average molecular weight is 306 g/mol. The Balaban J connectivity index is 1.81. The second-order valence-electron chi connectivity index (χ2n) is 5.11. The van der Waals surface area contributed by atoms with Gasteiger partial charge in [0.1, 0.15) is 12.1 Å². The van der Waals surface area contributed by atoms with Crippen LogP contribution in [0.3, 0.4) is 0 Å². The highest BCUT2D eigenvalue weighted by molar-refractivity contribution is 5.84. The third-order valence-corrected chi connectivity index (χ3v) is 3.70. The Morgan fingerprint density at radius 1 is 1.04 bits per heavy atom. The molecule has 1 N–H and O–H groups in total. The molecule has 0 aliphatic rings. The van der Waals surface area contributed by atoms with Crippen molar-refractivity contribution in [1.82, 2.24) is 19.7 Å². The molecule has 0 bridgehead atoms. The summed E-state index contributed by atoms with van der Waals surface area (Å²) in [7, 11) is 0. The lowest BCUT2D eigenvalue weighted by Gasteiger charge is -2.07. The highest BCUT2D eigenvalue weighted by Gasteiger charge is 2.09. The summed E-state index contributed by atoms with van der Waals surface area (Å²) in [6.45, 7) is 0. The fraction of sp³-hybridized carbons (Fsp3) is 0. The van der Waals surface area contributed by atoms with Crippen LogP contribution in [-0.2, 0) is 0 Å². The van der Waals surface area contributed by atoms with E-state index in [1.165, 1.54) is 12.4 Å². The van der Waals surface area contributed by atoms with Gasteiger partial charge in [-0.1, -0.05) is 24.3 Å². The zero-order valence-electron chi connectivity index (χ0n) is 11.9. The first kappa shape index (κ1) is 13.4. The number of nitrogens with zero attached hydrogens (tertiary/aromatic N) is 3. The van der Waals surface area contributed by atoms with Crippen LogP contribution in [-0.4, -0.2) is 19.7 Å². The van der Waals surface area contributed by atoms with Gasteiger partial charge in [0.25, 0.3) is 0 Å². The second kappa shape index (κ2) is 5.17. The van der Waals surface area contributed by atoms with Crippen LogP contribution >= 0.6 is 0 Å². The number of aromatic nitrogens is 4. The average Bonchev–Trinajstić information content (AvgIpc) is 3.00. The van der Waals surface area contributed by atoms with Crippen LogP contribution in [0.15, 0.2) is 65.8 Å². The fourth-order valence-electron chi connectivity index (χ4n) is 2.55. The summed E-state index contributed by atoms with van der Waals surface area (Å²) in [4.78, 5) is 15.9. The van der Waals surface area contributed by atoms with Gasteiger partial charge in [0.2, 0.25) is 0 Å². The molecule has 112 valence electrons. The maximum Gasteiger partial charge on any atom is 0.347 e. The molecule has 2 aromatic heterocycles. The molecular formula is C17H11FN4O. The van der Waals surface area contributed by atoms with Crippen molar-refractivity contribution in [3.8, 4) is 16.8 Å². The van der Waals surface area contributed by atoms with Gasteiger partial charge >= 0.3 is 5.69 Å². The molecule has 4 aromatic rings. The standard InChI is InChI=1S/C17H11FN4O/c18-14-8-12(5-6-16(14)22-10-20-21-17(22)23)13-4-3-11-2-1-7-19-15(11)9-13/h1-10H,(H,21,23). The summed E-state index contributed by atoms with van der Waals surface area (Å²) in [5.41, 5.74) is 2.11. The number of benzene rings is 2. The first-order chi connectivity index (χ1) is 11.2. The molecule has 23 heavy (non-hydrogen) atoms. The molecule has 0 atom stereocenters. The van der Waals surface area contributed by atoms with Crippen LogP contribution < -0.4 is 5.69 Å². The lowest BCUT2D eigenvalue weighted by Crippen LogP contribution is -2.15. The lowest BCUT2D eigenvalue weighted by atomic mass is 10.0. The quantitative estimate of drug-likeness (QED) is 0.619. The van der Waals surface area contributed by atoms with Gasteiger partial charge in [-0.05, 0) is 35.4 Å². The van der Waals surface area contributed by atoms with Crippen LogP contribution in [0.25, 0.3) is 27.7 Å². The van der Waals surface area contributed by atoms with Gasteiger partial charge in [-0.3, -0.25) is 4.98 Å². The van der Waals surface area contributed by atoms with E-state index in [1.807, 2.05) is 30.3 Å². The largest absolute Gasteiger partial charge is 0.347 e. The second-order valence-corrected chi connectivity index (χ2v) is 5.11. The molecule has 0 saturated carbocycles. The topological polar surface area (TPSA) is 63.6 Å². The van der Waals surface area contributed by atoms with Crippen LogP contribution in [0.4, 0.5) is 4.39 Å². The molecule has 0 aliphatic carbocycles. The molecular weight excluding hydrogens is 295 g/mol. The van der Waals surface area contributed by atoms with Crippen molar-refractivity contribution in [2.75, 3.05) is 0 Å². The first-order valence-corrected chi connectivity index (χ1v) is 6.99. The molecule has 0 aliphatic heterocycles. The summed E-state index contributed by atoms with van der Waals surface area (Å²) in [5.74, 6) is -0.493. The fourth-order valence-corrected chi connectivity index (χ4v) is 2.55. The van der Waals surface area contributed by atoms with Crippen LogP contribution in [0.1, 0.15) is 0 Å². The molecule has 0 unspecified atom stereocenters. The maximum atomic E-state index is 14.4. The van der Waals surface area contributed by atoms with E-state index in [-0.39, 0.29) is 5.69 Å². The summed E-state index contributed by atoms with van der Waals surface area (Å²) in [5, 5.41) is 6.87. The van der Waals surface area contributed by atoms with E-state index in [1.54, 1.807) is 18.3 Å². The monoisotopic (exact) mass is 306 g/mol. The van der Waals surface area contributed by atoms with E-state index in [0.29, 0.717) is 0 Å². The van der Waals surface area contributed by atoms with Crippen LogP contribution in [0, 0.1) is 5.82 Å². The minimum Gasteiger partial charge on any atom is -0.256 e. The molecule has 2 heterocycles. The Hall–Kier alpha value is -3.28. The Bertz CT molecular complexity index is 1070. The number of pyridine rings is 1. The van der Waals surface area contributed by atoms with Crippen molar-refractivity contribution in [1.29, 1.82) is 0 Å². The summed E-state index contributed by atoms with van der Waals surface area (Å²) in [6.07, 6.45) is 2.97. The first-order valence-electron chi connectivity index (χ1n) is 6.99. The number of hydrogen-bond acceptors (Lipinski definition) is 3. The van der Waals surface area contributed by atoms with Gasteiger partial charge in [-0.25, -0.2) is 18.9 Å². The molecule has 0 saturated heterocycles. The van der Waals surface area contributed by atoms with Crippen molar-refractivity contribution in [2.45, 2.75) is 0 Å². The third-order valence-electron chi connectivity index (χ3n) is 3.70. The minimum absolute atomic E-state index is 0.159. The molecule has 0 spiro atoms. The Labute approximate surface area is 130 Å². The summed E-state index contributed by atoms with van der Waals surface area (Å²) >= 11 is 0. The van der Waals surface area contributed by atoms with Gasteiger partial charge < -0.3 is 0 Å². The van der Waals surface area contributed by atoms with Crippen molar-refractivity contribution in [2.24, 2.45) is 0 Å². The molecule has 0 radical (unpaired) electrons. The Morgan fingerprint density at radius 2 is 1.87 bits per heavy atom. The van der Waals surface area contributed by atoms with Gasteiger partial charge in [0.05, 0.1) is 11.2 Å².